The van der Waals surface area contributed by atoms with Crippen LogP contribution in [0.5, 0.6) is 0 Å². The SMILES string of the molecule is Nc1ccc2[nH]c(C(=O)NCC3CC3)cc2c1. The third-order valence-corrected chi connectivity index (χ3v) is 3.14. The lowest BCUT2D eigenvalue weighted by molar-refractivity contribution is 0.0947. The molecule has 4 N–H and O–H groups in total. The molecule has 1 aromatic carbocycles. The van der Waals surface area contributed by atoms with E-state index < -0.39 is 0 Å². The minimum atomic E-state index is -0.0355. The van der Waals surface area contributed by atoms with Gasteiger partial charge in [0.25, 0.3) is 5.91 Å². The molecule has 4 nitrogen and oxygen atoms in total. The third-order valence-electron chi connectivity index (χ3n) is 3.14. The average molecular weight is 229 g/mol. The molecule has 4 heteroatoms. The van der Waals surface area contributed by atoms with Crippen molar-refractivity contribution in [2.24, 2.45) is 5.92 Å². The van der Waals surface area contributed by atoms with Crippen LogP contribution in [0.25, 0.3) is 10.9 Å². The highest BCUT2D eigenvalue weighted by Gasteiger charge is 2.22. The fraction of sp³-hybridized carbons (Fsp3) is 0.308. The number of hydrogen-bond donors (Lipinski definition) is 3. The maximum absolute atomic E-state index is 11.9. The van der Waals surface area contributed by atoms with E-state index in [0.717, 1.165) is 17.4 Å². The lowest BCUT2D eigenvalue weighted by Crippen LogP contribution is -2.25. The van der Waals surface area contributed by atoms with Crippen LogP contribution in [-0.4, -0.2) is 17.4 Å². The molecule has 0 saturated heterocycles. The van der Waals surface area contributed by atoms with E-state index in [1.54, 1.807) is 0 Å². The van der Waals surface area contributed by atoms with Crippen LogP contribution < -0.4 is 11.1 Å². The summed E-state index contributed by atoms with van der Waals surface area (Å²) in [5.41, 5.74) is 7.95. The van der Waals surface area contributed by atoms with Gasteiger partial charge in [-0.25, -0.2) is 0 Å². The Bertz CT molecular complexity index is 569. The molecule has 1 aliphatic rings. The molecule has 0 aliphatic heterocycles. The zero-order chi connectivity index (χ0) is 11.8. The maximum Gasteiger partial charge on any atom is 0.267 e. The van der Waals surface area contributed by atoms with E-state index in [2.05, 4.69) is 10.3 Å². The van der Waals surface area contributed by atoms with Crippen LogP contribution in [0.2, 0.25) is 0 Å². The Hall–Kier alpha value is -1.97. The van der Waals surface area contributed by atoms with Crippen molar-refractivity contribution in [2.45, 2.75) is 12.8 Å². The summed E-state index contributed by atoms with van der Waals surface area (Å²) in [5.74, 6) is 0.658. The van der Waals surface area contributed by atoms with Gasteiger partial charge < -0.3 is 16.0 Å². The first-order valence-corrected chi connectivity index (χ1v) is 5.89. The highest BCUT2D eigenvalue weighted by Crippen LogP contribution is 2.27. The van der Waals surface area contributed by atoms with E-state index in [-0.39, 0.29) is 5.91 Å². The van der Waals surface area contributed by atoms with Crippen molar-refractivity contribution in [1.29, 1.82) is 0 Å². The van der Waals surface area contributed by atoms with Crippen LogP contribution in [0.3, 0.4) is 0 Å². The molecule has 88 valence electrons. The molecule has 0 unspecified atom stereocenters. The Morgan fingerprint density at radius 3 is 3.00 bits per heavy atom. The van der Waals surface area contributed by atoms with Crippen molar-refractivity contribution in [3.63, 3.8) is 0 Å². The molecular weight excluding hydrogens is 214 g/mol. The molecular formula is C13H15N3O. The van der Waals surface area contributed by atoms with Gasteiger partial charge in [-0.15, -0.1) is 0 Å². The standard InChI is InChI=1S/C13H15N3O/c14-10-3-4-11-9(5-10)6-12(16-11)13(17)15-7-8-1-2-8/h3-6,8,16H,1-2,7,14H2,(H,15,17). The van der Waals surface area contributed by atoms with E-state index in [9.17, 15) is 4.79 Å². The van der Waals surface area contributed by atoms with Gasteiger partial charge in [0.15, 0.2) is 0 Å². The fourth-order valence-corrected chi connectivity index (χ4v) is 1.93. The summed E-state index contributed by atoms with van der Waals surface area (Å²) in [7, 11) is 0. The van der Waals surface area contributed by atoms with Crippen LogP contribution in [-0.2, 0) is 0 Å². The molecule has 1 fully saturated rings. The predicted octanol–water partition coefficient (Wildman–Crippen LogP) is 1.89. The minimum absolute atomic E-state index is 0.0355. The lowest BCUT2D eigenvalue weighted by atomic mass is 10.2. The van der Waals surface area contributed by atoms with Crippen LogP contribution >= 0.6 is 0 Å². The van der Waals surface area contributed by atoms with Gasteiger partial charge in [0.1, 0.15) is 5.69 Å². The number of carbonyl (C=O) groups excluding carboxylic acids is 1. The van der Waals surface area contributed by atoms with Crippen LogP contribution in [0.15, 0.2) is 24.3 Å². The molecule has 0 bridgehead atoms. The summed E-state index contributed by atoms with van der Waals surface area (Å²) in [4.78, 5) is 15.0. The van der Waals surface area contributed by atoms with E-state index >= 15 is 0 Å². The molecule has 1 heterocycles. The van der Waals surface area contributed by atoms with Crippen molar-refractivity contribution in [3.8, 4) is 0 Å². The molecule has 1 aliphatic carbocycles. The van der Waals surface area contributed by atoms with Gasteiger partial charge in [-0.2, -0.15) is 0 Å². The number of H-pyrrole nitrogens is 1. The summed E-state index contributed by atoms with van der Waals surface area (Å²) in [6, 6.07) is 7.42. The van der Waals surface area contributed by atoms with E-state index in [4.69, 9.17) is 5.73 Å². The highest BCUT2D eigenvalue weighted by atomic mass is 16.1. The zero-order valence-electron chi connectivity index (χ0n) is 9.49. The summed E-state index contributed by atoms with van der Waals surface area (Å²) in [6.45, 7) is 0.788. The van der Waals surface area contributed by atoms with Gasteiger partial charge in [-0.1, -0.05) is 0 Å². The smallest absolute Gasteiger partial charge is 0.267 e. The molecule has 1 aromatic heterocycles. The van der Waals surface area contributed by atoms with Crippen LogP contribution in [0, 0.1) is 5.92 Å². The molecule has 1 saturated carbocycles. The van der Waals surface area contributed by atoms with Crippen molar-refractivity contribution >= 4 is 22.5 Å². The number of nitrogens with one attached hydrogen (secondary N) is 2. The number of nitrogen functional groups attached to an aromatic ring is 1. The number of carbonyl (C=O) groups is 1. The molecule has 3 rings (SSSR count). The van der Waals surface area contributed by atoms with Gasteiger partial charge in [-0.05, 0) is 43.0 Å². The number of aromatic nitrogens is 1. The summed E-state index contributed by atoms with van der Waals surface area (Å²) in [6.07, 6.45) is 2.48. The van der Waals surface area contributed by atoms with E-state index in [0.29, 0.717) is 17.3 Å². The number of fused-ring (bicyclic) bond motifs is 1. The average Bonchev–Trinajstić information content (AvgIpc) is 3.04. The first-order valence-electron chi connectivity index (χ1n) is 5.89. The lowest BCUT2D eigenvalue weighted by Gasteiger charge is -2.00. The van der Waals surface area contributed by atoms with Crippen molar-refractivity contribution in [2.75, 3.05) is 12.3 Å². The van der Waals surface area contributed by atoms with Gasteiger partial charge in [-0.3, -0.25) is 4.79 Å². The molecule has 0 spiro atoms. The Kier molecular flexibility index (Phi) is 2.28. The monoisotopic (exact) mass is 229 g/mol. The van der Waals surface area contributed by atoms with Gasteiger partial charge >= 0.3 is 0 Å². The maximum atomic E-state index is 11.9. The van der Waals surface area contributed by atoms with Crippen LogP contribution in [0.1, 0.15) is 23.3 Å². The summed E-state index contributed by atoms with van der Waals surface area (Å²) < 4.78 is 0. The second-order valence-corrected chi connectivity index (χ2v) is 4.68. The zero-order valence-corrected chi connectivity index (χ0v) is 9.49. The highest BCUT2D eigenvalue weighted by molar-refractivity contribution is 5.98. The Morgan fingerprint density at radius 2 is 2.24 bits per heavy atom. The van der Waals surface area contributed by atoms with Crippen molar-refractivity contribution in [3.05, 3.63) is 30.0 Å². The number of hydrogen-bond acceptors (Lipinski definition) is 2. The normalized spacial score (nSPS) is 15.1. The number of nitrogens with two attached hydrogens (primary N) is 1. The summed E-state index contributed by atoms with van der Waals surface area (Å²) >= 11 is 0. The number of aromatic amines is 1. The second kappa shape index (κ2) is 3.80. The fourth-order valence-electron chi connectivity index (χ4n) is 1.93. The number of amides is 1. The van der Waals surface area contributed by atoms with Crippen molar-refractivity contribution in [1.82, 2.24) is 10.3 Å². The quantitative estimate of drug-likeness (QED) is 0.703. The van der Waals surface area contributed by atoms with Gasteiger partial charge in [0, 0.05) is 23.1 Å². The minimum Gasteiger partial charge on any atom is -0.399 e. The first kappa shape index (κ1) is 10.2. The summed E-state index contributed by atoms with van der Waals surface area (Å²) in [5, 5.41) is 3.91. The van der Waals surface area contributed by atoms with Crippen LogP contribution in [0.4, 0.5) is 5.69 Å². The predicted molar refractivity (Wildman–Crippen MR) is 67.8 cm³/mol. The Morgan fingerprint density at radius 1 is 1.41 bits per heavy atom. The Labute approximate surface area is 99.2 Å². The molecule has 0 radical (unpaired) electrons. The van der Waals surface area contributed by atoms with Crippen molar-refractivity contribution < 1.29 is 4.79 Å². The Balaban J connectivity index is 1.81. The molecule has 0 atom stereocenters. The molecule has 17 heavy (non-hydrogen) atoms. The second-order valence-electron chi connectivity index (χ2n) is 4.68. The largest absolute Gasteiger partial charge is 0.399 e. The topological polar surface area (TPSA) is 70.9 Å². The molecule has 2 aromatic rings. The molecule has 1 amide bonds. The number of benzene rings is 1. The first-order chi connectivity index (χ1) is 8.22. The number of rotatable bonds is 3. The van der Waals surface area contributed by atoms with Gasteiger partial charge in [0.05, 0.1) is 0 Å². The number of anilines is 1. The van der Waals surface area contributed by atoms with E-state index in [1.165, 1.54) is 12.8 Å². The van der Waals surface area contributed by atoms with Gasteiger partial charge in [0.2, 0.25) is 0 Å². The van der Waals surface area contributed by atoms with E-state index in [1.807, 2.05) is 24.3 Å². The third kappa shape index (κ3) is 2.11.